The Labute approximate surface area is 125 Å². The fourth-order valence-electron chi connectivity index (χ4n) is 2.84. The Morgan fingerprint density at radius 3 is 1.86 bits per heavy atom. The standard InChI is InChI=1S/C17H19NO2S/c19-21(20)12-11-16(13-21)18-17(14-7-3-1-4-8-14)15-9-5-2-6-10-15/h1-10,16-18H,11-13H2/t16-/m1/s1. The number of sulfone groups is 1. The highest BCUT2D eigenvalue weighted by Crippen LogP contribution is 2.24. The molecule has 0 aromatic heterocycles. The Balaban J connectivity index is 1.87. The van der Waals surface area contributed by atoms with Gasteiger partial charge in [0, 0.05) is 6.04 Å². The smallest absolute Gasteiger partial charge is 0.151 e. The van der Waals surface area contributed by atoms with E-state index in [1.54, 1.807) is 0 Å². The SMILES string of the molecule is O=S1(=O)CC[C@@H](NC(c2ccccc2)c2ccccc2)C1. The van der Waals surface area contributed by atoms with Gasteiger partial charge in [0.25, 0.3) is 0 Å². The van der Waals surface area contributed by atoms with Gasteiger partial charge in [0.1, 0.15) is 0 Å². The van der Waals surface area contributed by atoms with E-state index in [-0.39, 0.29) is 17.8 Å². The minimum absolute atomic E-state index is 0.0282. The first-order valence-corrected chi connectivity index (χ1v) is 9.02. The molecule has 1 atom stereocenters. The van der Waals surface area contributed by atoms with Gasteiger partial charge in [-0.25, -0.2) is 8.42 Å². The first-order valence-electron chi connectivity index (χ1n) is 7.20. The second-order valence-electron chi connectivity index (χ2n) is 5.52. The molecule has 1 saturated heterocycles. The van der Waals surface area contributed by atoms with Crippen LogP contribution in [0, 0.1) is 0 Å². The van der Waals surface area contributed by atoms with Crippen molar-refractivity contribution in [3.05, 3.63) is 71.8 Å². The van der Waals surface area contributed by atoms with Crippen molar-refractivity contribution in [3.8, 4) is 0 Å². The first-order chi connectivity index (χ1) is 10.1. The first kappa shape index (κ1) is 14.3. The molecule has 21 heavy (non-hydrogen) atoms. The summed E-state index contributed by atoms with van der Waals surface area (Å²) in [5.74, 6) is 0.532. The number of hydrogen-bond donors (Lipinski definition) is 1. The second kappa shape index (κ2) is 6.00. The molecule has 2 aromatic rings. The maximum absolute atomic E-state index is 11.7. The average molecular weight is 301 g/mol. The van der Waals surface area contributed by atoms with E-state index in [0.29, 0.717) is 12.2 Å². The van der Waals surface area contributed by atoms with E-state index in [2.05, 4.69) is 29.6 Å². The molecule has 0 spiro atoms. The summed E-state index contributed by atoms with van der Waals surface area (Å²) in [7, 11) is -2.87. The van der Waals surface area contributed by atoms with Gasteiger partial charge >= 0.3 is 0 Å². The molecule has 1 N–H and O–H groups in total. The highest BCUT2D eigenvalue weighted by atomic mass is 32.2. The normalized spacial score (nSPS) is 20.7. The largest absolute Gasteiger partial charge is 0.302 e. The Morgan fingerprint density at radius 2 is 1.43 bits per heavy atom. The van der Waals surface area contributed by atoms with Crippen molar-refractivity contribution in [3.63, 3.8) is 0 Å². The Bertz CT molecular complexity index is 644. The molecule has 3 nitrogen and oxygen atoms in total. The highest BCUT2D eigenvalue weighted by molar-refractivity contribution is 7.91. The fraction of sp³-hybridized carbons (Fsp3) is 0.294. The van der Waals surface area contributed by atoms with E-state index in [1.165, 1.54) is 0 Å². The summed E-state index contributed by atoms with van der Waals surface area (Å²) in [6.07, 6.45) is 0.693. The van der Waals surface area contributed by atoms with Crippen LogP contribution in [0.25, 0.3) is 0 Å². The van der Waals surface area contributed by atoms with Crippen LogP contribution in [0.5, 0.6) is 0 Å². The zero-order valence-corrected chi connectivity index (χ0v) is 12.6. The van der Waals surface area contributed by atoms with Crippen LogP contribution < -0.4 is 5.32 Å². The summed E-state index contributed by atoms with van der Waals surface area (Å²) < 4.78 is 23.3. The van der Waals surface area contributed by atoms with Crippen molar-refractivity contribution in [1.29, 1.82) is 0 Å². The van der Waals surface area contributed by atoms with Gasteiger partial charge in [-0.2, -0.15) is 0 Å². The summed E-state index contributed by atoms with van der Waals surface area (Å²) in [5.41, 5.74) is 2.32. The molecular weight excluding hydrogens is 282 g/mol. The van der Waals surface area contributed by atoms with Crippen LogP contribution in [0.4, 0.5) is 0 Å². The lowest BCUT2D eigenvalue weighted by atomic mass is 9.97. The number of hydrogen-bond acceptors (Lipinski definition) is 3. The molecule has 1 aliphatic heterocycles. The van der Waals surface area contributed by atoms with Crippen molar-refractivity contribution < 1.29 is 8.42 Å². The number of rotatable bonds is 4. The van der Waals surface area contributed by atoms with E-state index < -0.39 is 9.84 Å². The van der Waals surface area contributed by atoms with Crippen LogP contribution >= 0.6 is 0 Å². The van der Waals surface area contributed by atoms with Crippen molar-refractivity contribution in [2.75, 3.05) is 11.5 Å². The van der Waals surface area contributed by atoms with E-state index in [9.17, 15) is 8.42 Å². The van der Waals surface area contributed by atoms with E-state index in [4.69, 9.17) is 0 Å². The highest BCUT2D eigenvalue weighted by Gasteiger charge is 2.30. The predicted octanol–water partition coefficient (Wildman–Crippen LogP) is 2.55. The van der Waals surface area contributed by atoms with Crippen molar-refractivity contribution >= 4 is 9.84 Å². The van der Waals surface area contributed by atoms with Gasteiger partial charge in [-0.1, -0.05) is 60.7 Å². The third kappa shape index (κ3) is 3.52. The summed E-state index contributed by atoms with van der Waals surface area (Å²) in [6, 6.07) is 20.4. The molecule has 2 aromatic carbocycles. The van der Waals surface area contributed by atoms with Crippen LogP contribution in [-0.2, 0) is 9.84 Å². The number of benzene rings is 2. The van der Waals surface area contributed by atoms with Gasteiger partial charge in [-0.15, -0.1) is 0 Å². The maximum atomic E-state index is 11.7. The molecular formula is C17H19NO2S. The van der Waals surface area contributed by atoms with Crippen molar-refractivity contribution in [2.24, 2.45) is 0 Å². The predicted molar refractivity (Wildman–Crippen MR) is 84.9 cm³/mol. The van der Waals surface area contributed by atoms with E-state index >= 15 is 0 Å². The van der Waals surface area contributed by atoms with E-state index in [1.807, 2.05) is 36.4 Å². The van der Waals surface area contributed by atoms with E-state index in [0.717, 1.165) is 11.1 Å². The molecule has 0 unspecified atom stereocenters. The minimum atomic E-state index is -2.87. The average Bonchev–Trinajstić information content (AvgIpc) is 2.86. The van der Waals surface area contributed by atoms with Gasteiger partial charge in [0.05, 0.1) is 17.5 Å². The van der Waals surface area contributed by atoms with Gasteiger partial charge in [-0.3, -0.25) is 0 Å². The lowest BCUT2D eigenvalue weighted by Crippen LogP contribution is -2.34. The molecule has 0 bridgehead atoms. The van der Waals surface area contributed by atoms with Crippen LogP contribution in [0.2, 0.25) is 0 Å². The van der Waals surface area contributed by atoms with Gasteiger partial charge in [-0.05, 0) is 17.5 Å². The molecule has 0 aliphatic carbocycles. The summed E-state index contributed by atoms with van der Waals surface area (Å²) in [4.78, 5) is 0. The molecule has 3 rings (SSSR count). The van der Waals surface area contributed by atoms with Crippen LogP contribution in [-0.4, -0.2) is 26.0 Å². The third-order valence-corrected chi connectivity index (χ3v) is 5.67. The third-order valence-electron chi connectivity index (χ3n) is 3.90. The number of nitrogens with one attached hydrogen (secondary N) is 1. The van der Waals surface area contributed by atoms with Crippen LogP contribution in [0.1, 0.15) is 23.6 Å². The molecule has 0 radical (unpaired) electrons. The lowest BCUT2D eigenvalue weighted by Gasteiger charge is -2.23. The molecule has 110 valence electrons. The summed E-state index contributed by atoms with van der Waals surface area (Å²) >= 11 is 0. The quantitative estimate of drug-likeness (QED) is 0.944. The molecule has 0 saturated carbocycles. The van der Waals surface area contributed by atoms with Crippen LogP contribution in [0.3, 0.4) is 0 Å². The summed E-state index contributed by atoms with van der Waals surface area (Å²) in [6.45, 7) is 0. The monoisotopic (exact) mass is 301 g/mol. The maximum Gasteiger partial charge on any atom is 0.151 e. The molecule has 0 amide bonds. The Morgan fingerprint density at radius 1 is 0.905 bits per heavy atom. The van der Waals surface area contributed by atoms with Crippen molar-refractivity contribution in [1.82, 2.24) is 5.32 Å². The zero-order valence-electron chi connectivity index (χ0n) is 11.8. The Kier molecular flexibility index (Phi) is 4.08. The zero-order chi connectivity index (χ0) is 14.7. The Hall–Kier alpha value is -1.65. The molecule has 1 aliphatic rings. The van der Waals surface area contributed by atoms with Crippen molar-refractivity contribution in [2.45, 2.75) is 18.5 Å². The minimum Gasteiger partial charge on any atom is -0.302 e. The lowest BCUT2D eigenvalue weighted by molar-refractivity contribution is 0.504. The van der Waals surface area contributed by atoms with Gasteiger partial charge in [0.15, 0.2) is 9.84 Å². The topological polar surface area (TPSA) is 46.2 Å². The summed E-state index contributed by atoms with van der Waals surface area (Å²) in [5, 5.41) is 3.52. The second-order valence-corrected chi connectivity index (χ2v) is 7.75. The van der Waals surface area contributed by atoms with Crippen LogP contribution in [0.15, 0.2) is 60.7 Å². The molecule has 4 heteroatoms. The fourth-order valence-corrected chi connectivity index (χ4v) is 4.52. The molecule has 1 fully saturated rings. The molecule has 1 heterocycles. The van der Waals surface area contributed by atoms with Gasteiger partial charge < -0.3 is 5.32 Å². The van der Waals surface area contributed by atoms with Gasteiger partial charge in [0.2, 0.25) is 0 Å².